The molecule has 2 aromatic carbocycles. The third kappa shape index (κ3) is 5.19. The van der Waals surface area contributed by atoms with Crippen LogP contribution in [0.15, 0.2) is 41.3 Å². The van der Waals surface area contributed by atoms with Gasteiger partial charge in [-0.2, -0.15) is 4.31 Å². The van der Waals surface area contributed by atoms with E-state index in [9.17, 15) is 17.6 Å². The van der Waals surface area contributed by atoms with Gasteiger partial charge in [0.1, 0.15) is 5.82 Å². The van der Waals surface area contributed by atoms with Gasteiger partial charge in [0.2, 0.25) is 21.7 Å². The zero-order valence-corrected chi connectivity index (χ0v) is 18.3. The van der Waals surface area contributed by atoms with Gasteiger partial charge in [0.15, 0.2) is 11.5 Å². The first-order chi connectivity index (χ1) is 14.1. The quantitative estimate of drug-likeness (QED) is 0.594. The van der Waals surface area contributed by atoms with Crippen LogP contribution < -0.4 is 14.2 Å². The second-order valence-electron chi connectivity index (χ2n) is 6.50. The zero-order chi connectivity index (χ0) is 22.5. The van der Waals surface area contributed by atoms with Crippen LogP contribution in [0.2, 0.25) is 0 Å². The molecule has 0 atom stereocenters. The minimum Gasteiger partial charge on any atom is -0.493 e. The highest BCUT2D eigenvalue weighted by atomic mass is 32.2. The van der Waals surface area contributed by atoms with E-state index in [2.05, 4.69) is 0 Å². The first-order valence-electron chi connectivity index (χ1n) is 8.88. The van der Waals surface area contributed by atoms with Gasteiger partial charge in [-0.25, -0.2) is 12.8 Å². The Morgan fingerprint density at radius 3 is 1.97 bits per heavy atom. The third-order valence-electron chi connectivity index (χ3n) is 4.45. The second-order valence-corrected chi connectivity index (χ2v) is 8.54. The number of amides is 1. The smallest absolute Gasteiger partial charge is 0.243 e. The van der Waals surface area contributed by atoms with Gasteiger partial charge >= 0.3 is 0 Å². The Labute approximate surface area is 175 Å². The fourth-order valence-electron chi connectivity index (χ4n) is 2.77. The van der Waals surface area contributed by atoms with Crippen molar-refractivity contribution in [2.24, 2.45) is 0 Å². The highest BCUT2D eigenvalue weighted by molar-refractivity contribution is 7.89. The summed E-state index contributed by atoms with van der Waals surface area (Å²) < 4.78 is 55.0. The fourth-order valence-corrected chi connectivity index (χ4v) is 3.89. The average Bonchev–Trinajstić information content (AvgIpc) is 2.72. The van der Waals surface area contributed by atoms with Crippen molar-refractivity contribution >= 4 is 15.9 Å². The predicted molar refractivity (Wildman–Crippen MR) is 109 cm³/mol. The van der Waals surface area contributed by atoms with E-state index >= 15 is 0 Å². The number of sulfonamides is 1. The van der Waals surface area contributed by atoms with Gasteiger partial charge in [-0.05, 0) is 42.0 Å². The van der Waals surface area contributed by atoms with Gasteiger partial charge in [0.05, 0.1) is 32.8 Å². The van der Waals surface area contributed by atoms with Gasteiger partial charge in [0.25, 0.3) is 0 Å². The van der Waals surface area contributed by atoms with E-state index in [-0.39, 0.29) is 18.0 Å². The highest BCUT2D eigenvalue weighted by Gasteiger charge is 2.24. The monoisotopic (exact) mass is 440 g/mol. The summed E-state index contributed by atoms with van der Waals surface area (Å²) in [5.74, 6) is 0.366. The Bertz CT molecular complexity index is 970. The van der Waals surface area contributed by atoms with Gasteiger partial charge < -0.3 is 19.1 Å². The molecule has 164 valence electrons. The number of likely N-dealkylation sites (N-methyl/N-ethyl adjacent to an activating group) is 2. The summed E-state index contributed by atoms with van der Waals surface area (Å²) in [6.07, 6.45) is 0. The van der Waals surface area contributed by atoms with Crippen molar-refractivity contribution in [3.8, 4) is 17.2 Å². The maximum absolute atomic E-state index is 13.1. The lowest BCUT2D eigenvalue weighted by Gasteiger charge is -2.23. The Hall–Kier alpha value is -2.85. The molecule has 0 bridgehead atoms. The van der Waals surface area contributed by atoms with Crippen LogP contribution in [0.1, 0.15) is 5.56 Å². The average molecular weight is 440 g/mol. The molecule has 0 heterocycles. The van der Waals surface area contributed by atoms with E-state index in [0.29, 0.717) is 22.8 Å². The standard InChI is InChI=1S/C20H25FN2O6S/c1-22(12-14-10-17(27-3)20(29-5)18(11-14)28-4)19(24)13-23(2)30(25,26)16-8-6-15(21)7-9-16/h6-11H,12-13H2,1-5H3. The molecule has 0 radical (unpaired) electrons. The highest BCUT2D eigenvalue weighted by Crippen LogP contribution is 2.38. The number of hydrogen-bond acceptors (Lipinski definition) is 6. The molecule has 30 heavy (non-hydrogen) atoms. The third-order valence-corrected chi connectivity index (χ3v) is 6.27. The Morgan fingerprint density at radius 1 is 0.967 bits per heavy atom. The summed E-state index contributed by atoms with van der Waals surface area (Å²) in [6, 6.07) is 7.85. The summed E-state index contributed by atoms with van der Waals surface area (Å²) in [5.41, 5.74) is 0.712. The van der Waals surface area contributed by atoms with Crippen LogP contribution in [-0.4, -0.2) is 65.5 Å². The van der Waals surface area contributed by atoms with Gasteiger partial charge in [-0.15, -0.1) is 0 Å². The van der Waals surface area contributed by atoms with Crippen molar-refractivity contribution in [2.75, 3.05) is 42.0 Å². The van der Waals surface area contributed by atoms with Crippen molar-refractivity contribution in [2.45, 2.75) is 11.4 Å². The van der Waals surface area contributed by atoms with Crippen LogP contribution in [0.5, 0.6) is 17.2 Å². The Balaban J connectivity index is 2.13. The lowest BCUT2D eigenvalue weighted by molar-refractivity contribution is -0.130. The predicted octanol–water partition coefficient (Wildman–Crippen LogP) is 2.13. The molecular formula is C20H25FN2O6S. The number of halogens is 1. The molecule has 0 N–H and O–H groups in total. The number of carbonyl (C=O) groups is 1. The van der Waals surface area contributed by atoms with E-state index in [1.165, 1.54) is 33.3 Å². The lowest BCUT2D eigenvalue weighted by Crippen LogP contribution is -2.39. The molecule has 1 amide bonds. The second kappa shape index (κ2) is 9.77. The lowest BCUT2D eigenvalue weighted by atomic mass is 10.1. The van der Waals surface area contributed by atoms with Crippen molar-refractivity contribution in [1.82, 2.24) is 9.21 Å². The van der Waals surface area contributed by atoms with E-state index in [1.54, 1.807) is 19.2 Å². The van der Waals surface area contributed by atoms with E-state index in [1.807, 2.05) is 0 Å². The molecule has 0 saturated carbocycles. The van der Waals surface area contributed by atoms with Crippen LogP contribution >= 0.6 is 0 Å². The van der Waals surface area contributed by atoms with Crippen LogP contribution in [0.3, 0.4) is 0 Å². The topological polar surface area (TPSA) is 85.4 Å². The number of benzene rings is 2. The summed E-state index contributed by atoms with van der Waals surface area (Å²) in [7, 11) is 3.41. The SMILES string of the molecule is COc1cc(CN(C)C(=O)CN(C)S(=O)(=O)c2ccc(F)cc2)cc(OC)c1OC. The summed E-state index contributed by atoms with van der Waals surface area (Å²) in [5, 5.41) is 0. The van der Waals surface area contributed by atoms with Crippen molar-refractivity contribution < 1.29 is 31.8 Å². The van der Waals surface area contributed by atoms with Crippen LogP contribution in [0, 0.1) is 5.82 Å². The fraction of sp³-hybridized carbons (Fsp3) is 0.350. The van der Waals surface area contributed by atoms with E-state index < -0.39 is 21.7 Å². The molecule has 2 aromatic rings. The maximum Gasteiger partial charge on any atom is 0.243 e. The molecule has 10 heteroatoms. The van der Waals surface area contributed by atoms with Crippen LogP contribution in [-0.2, 0) is 21.4 Å². The summed E-state index contributed by atoms with van der Waals surface area (Å²) in [6.45, 7) is -0.180. The first-order valence-corrected chi connectivity index (χ1v) is 10.3. The summed E-state index contributed by atoms with van der Waals surface area (Å²) >= 11 is 0. The largest absolute Gasteiger partial charge is 0.493 e. The summed E-state index contributed by atoms with van der Waals surface area (Å²) in [4.78, 5) is 13.9. The van der Waals surface area contributed by atoms with E-state index in [0.717, 1.165) is 28.6 Å². The van der Waals surface area contributed by atoms with Crippen molar-refractivity contribution in [3.63, 3.8) is 0 Å². The first kappa shape index (κ1) is 23.4. The molecule has 0 aliphatic rings. The van der Waals surface area contributed by atoms with Gasteiger partial charge in [-0.3, -0.25) is 4.79 Å². The zero-order valence-electron chi connectivity index (χ0n) is 17.5. The minimum absolute atomic E-state index is 0.0912. The molecule has 0 aromatic heterocycles. The van der Waals surface area contributed by atoms with Gasteiger partial charge in [-0.1, -0.05) is 0 Å². The molecule has 2 rings (SSSR count). The van der Waals surface area contributed by atoms with Crippen LogP contribution in [0.25, 0.3) is 0 Å². The molecule has 0 aliphatic heterocycles. The minimum atomic E-state index is -3.92. The number of rotatable bonds is 9. The molecule has 0 fully saturated rings. The Kier molecular flexibility index (Phi) is 7.63. The van der Waals surface area contributed by atoms with Crippen LogP contribution in [0.4, 0.5) is 4.39 Å². The van der Waals surface area contributed by atoms with Crippen molar-refractivity contribution in [1.29, 1.82) is 0 Å². The molecule has 0 unspecified atom stereocenters. The molecular weight excluding hydrogens is 415 g/mol. The van der Waals surface area contributed by atoms with Crippen molar-refractivity contribution in [3.05, 3.63) is 47.8 Å². The molecule has 8 nitrogen and oxygen atoms in total. The number of methoxy groups -OCH3 is 3. The van der Waals surface area contributed by atoms with E-state index in [4.69, 9.17) is 14.2 Å². The number of hydrogen-bond donors (Lipinski definition) is 0. The number of carbonyl (C=O) groups excluding carboxylic acids is 1. The van der Waals surface area contributed by atoms with Gasteiger partial charge in [0, 0.05) is 20.6 Å². The normalized spacial score (nSPS) is 11.3. The maximum atomic E-state index is 13.1. The Morgan fingerprint density at radius 2 is 1.50 bits per heavy atom. The number of ether oxygens (including phenoxy) is 3. The molecule has 0 saturated heterocycles. The number of nitrogens with zero attached hydrogens (tertiary/aromatic N) is 2. The molecule has 0 aliphatic carbocycles. The molecule has 0 spiro atoms.